The van der Waals surface area contributed by atoms with E-state index >= 15 is 0 Å². The van der Waals surface area contributed by atoms with Crippen LogP contribution in [-0.2, 0) is 6.54 Å². The summed E-state index contributed by atoms with van der Waals surface area (Å²) in [7, 11) is 0. The number of aliphatic hydroxyl groups is 1. The van der Waals surface area contributed by atoms with Crippen molar-refractivity contribution in [1.82, 2.24) is 9.88 Å². The highest BCUT2D eigenvalue weighted by Crippen LogP contribution is 2.26. The number of likely N-dealkylation sites (tertiary alicyclic amines) is 1. The lowest BCUT2D eigenvalue weighted by molar-refractivity contribution is 0.208. The van der Waals surface area contributed by atoms with Gasteiger partial charge in [-0.15, -0.1) is 0 Å². The normalized spacial score (nSPS) is 18.9. The van der Waals surface area contributed by atoms with Gasteiger partial charge in [-0.1, -0.05) is 18.2 Å². The van der Waals surface area contributed by atoms with Crippen LogP contribution in [0.4, 0.5) is 0 Å². The molecule has 3 rings (SSSR count). The summed E-state index contributed by atoms with van der Waals surface area (Å²) >= 11 is 0. The van der Waals surface area contributed by atoms with E-state index in [0.29, 0.717) is 11.9 Å². The average molecular weight is 300 g/mol. The predicted octanol–water partition coefficient (Wildman–Crippen LogP) is 3.39. The molecular formula is C18H24N2O2. The van der Waals surface area contributed by atoms with Crippen LogP contribution in [-0.4, -0.2) is 34.2 Å². The number of aromatic nitrogens is 1. The van der Waals surface area contributed by atoms with Crippen LogP contribution in [0.25, 0.3) is 11.5 Å². The molecule has 1 saturated heterocycles. The molecule has 0 amide bonds. The fourth-order valence-electron chi connectivity index (χ4n) is 3.23. The minimum atomic E-state index is 0.283. The van der Waals surface area contributed by atoms with Gasteiger partial charge in [-0.3, -0.25) is 4.90 Å². The van der Waals surface area contributed by atoms with E-state index in [1.807, 2.05) is 37.3 Å². The van der Waals surface area contributed by atoms with Gasteiger partial charge in [-0.2, -0.15) is 0 Å². The van der Waals surface area contributed by atoms with Gasteiger partial charge in [0.25, 0.3) is 0 Å². The first kappa shape index (κ1) is 15.3. The summed E-state index contributed by atoms with van der Waals surface area (Å²) in [6, 6.07) is 10.6. The van der Waals surface area contributed by atoms with E-state index in [-0.39, 0.29) is 6.61 Å². The quantitative estimate of drug-likeness (QED) is 0.888. The smallest absolute Gasteiger partial charge is 0.226 e. The van der Waals surface area contributed by atoms with Gasteiger partial charge in [0.1, 0.15) is 5.76 Å². The zero-order valence-electron chi connectivity index (χ0n) is 13.2. The van der Waals surface area contributed by atoms with E-state index in [2.05, 4.69) is 4.90 Å². The van der Waals surface area contributed by atoms with Crippen LogP contribution in [0.5, 0.6) is 0 Å². The van der Waals surface area contributed by atoms with Crippen molar-refractivity contribution in [3.63, 3.8) is 0 Å². The Morgan fingerprint density at radius 3 is 2.91 bits per heavy atom. The van der Waals surface area contributed by atoms with Gasteiger partial charge in [-0.05, 0) is 51.3 Å². The van der Waals surface area contributed by atoms with Gasteiger partial charge >= 0.3 is 0 Å². The second kappa shape index (κ2) is 7.07. The number of rotatable bonds is 6. The van der Waals surface area contributed by atoms with Crippen LogP contribution in [0.2, 0.25) is 0 Å². The lowest BCUT2D eigenvalue weighted by Crippen LogP contribution is -2.29. The van der Waals surface area contributed by atoms with Crippen molar-refractivity contribution < 1.29 is 9.52 Å². The summed E-state index contributed by atoms with van der Waals surface area (Å²) in [6.07, 6.45) is 4.41. The van der Waals surface area contributed by atoms with Crippen LogP contribution in [0.3, 0.4) is 0 Å². The minimum Gasteiger partial charge on any atom is -0.441 e. The molecule has 0 spiro atoms. The Kier molecular flexibility index (Phi) is 4.90. The van der Waals surface area contributed by atoms with E-state index < -0.39 is 0 Å². The van der Waals surface area contributed by atoms with E-state index in [4.69, 9.17) is 14.5 Å². The number of hydrogen-bond donors (Lipinski definition) is 1. The molecule has 1 aromatic heterocycles. The zero-order chi connectivity index (χ0) is 15.4. The topological polar surface area (TPSA) is 49.5 Å². The van der Waals surface area contributed by atoms with Gasteiger partial charge < -0.3 is 9.52 Å². The van der Waals surface area contributed by atoms with Gasteiger partial charge in [0.05, 0.1) is 5.69 Å². The number of aryl methyl sites for hydroxylation is 1. The molecule has 1 atom stereocenters. The van der Waals surface area contributed by atoms with E-state index in [1.165, 1.54) is 12.8 Å². The van der Waals surface area contributed by atoms with Crippen molar-refractivity contribution in [1.29, 1.82) is 0 Å². The Hall–Kier alpha value is -1.65. The molecule has 1 aliphatic rings. The molecule has 1 unspecified atom stereocenters. The molecule has 2 aromatic rings. The number of benzene rings is 1. The third kappa shape index (κ3) is 3.39. The first-order chi connectivity index (χ1) is 10.8. The van der Waals surface area contributed by atoms with Crippen LogP contribution >= 0.6 is 0 Å². The Labute approximate surface area is 131 Å². The number of nitrogens with zero attached hydrogens (tertiary/aromatic N) is 2. The highest BCUT2D eigenvalue weighted by Gasteiger charge is 2.25. The molecule has 1 aromatic carbocycles. The minimum absolute atomic E-state index is 0.283. The third-order valence-electron chi connectivity index (χ3n) is 4.46. The Morgan fingerprint density at radius 1 is 1.32 bits per heavy atom. The maximum atomic E-state index is 9.03. The van der Waals surface area contributed by atoms with Crippen molar-refractivity contribution in [3.05, 3.63) is 41.8 Å². The summed E-state index contributed by atoms with van der Waals surface area (Å²) in [5, 5.41) is 9.03. The predicted molar refractivity (Wildman–Crippen MR) is 86.4 cm³/mol. The lowest BCUT2D eigenvalue weighted by atomic mass is 10.1. The fraction of sp³-hybridized carbons (Fsp3) is 0.500. The number of hydrogen-bond acceptors (Lipinski definition) is 4. The molecule has 0 saturated carbocycles. The molecule has 2 heterocycles. The molecule has 22 heavy (non-hydrogen) atoms. The van der Waals surface area contributed by atoms with Crippen LogP contribution in [0, 0.1) is 6.92 Å². The van der Waals surface area contributed by atoms with Crippen molar-refractivity contribution in [3.8, 4) is 11.5 Å². The Morgan fingerprint density at radius 2 is 2.14 bits per heavy atom. The molecule has 0 bridgehead atoms. The maximum Gasteiger partial charge on any atom is 0.226 e. The van der Waals surface area contributed by atoms with Gasteiger partial charge in [0, 0.05) is 24.8 Å². The molecule has 118 valence electrons. The molecule has 4 heteroatoms. The third-order valence-corrected chi connectivity index (χ3v) is 4.46. The van der Waals surface area contributed by atoms with Crippen LogP contribution in [0.1, 0.15) is 37.1 Å². The molecule has 1 N–H and O–H groups in total. The Balaban J connectivity index is 1.71. The highest BCUT2D eigenvalue weighted by atomic mass is 16.4. The molecule has 0 radical (unpaired) electrons. The second-order valence-corrected chi connectivity index (χ2v) is 6.02. The van der Waals surface area contributed by atoms with Crippen molar-refractivity contribution >= 4 is 0 Å². The molecule has 1 fully saturated rings. The van der Waals surface area contributed by atoms with E-state index in [1.54, 1.807) is 0 Å². The largest absolute Gasteiger partial charge is 0.441 e. The monoisotopic (exact) mass is 300 g/mol. The summed E-state index contributed by atoms with van der Waals surface area (Å²) in [5.74, 6) is 1.62. The van der Waals surface area contributed by atoms with E-state index in [9.17, 15) is 0 Å². The van der Waals surface area contributed by atoms with Crippen LogP contribution < -0.4 is 0 Å². The van der Waals surface area contributed by atoms with Crippen molar-refractivity contribution in [2.75, 3.05) is 13.2 Å². The first-order valence-electron chi connectivity index (χ1n) is 8.14. The first-order valence-corrected chi connectivity index (χ1v) is 8.14. The molecule has 1 aliphatic heterocycles. The van der Waals surface area contributed by atoms with E-state index in [0.717, 1.165) is 42.9 Å². The van der Waals surface area contributed by atoms with Gasteiger partial charge in [-0.25, -0.2) is 4.98 Å². The van der Waals surface area contributed by atoms with Crippen LogP contribution in [0.15, 0.2) is 34.7 Å². The lowest BCUT2D eigenvalue weighted by Gasteiger charge is -2.23. The zero-order valence-corrected chi connectivity index (χ0v) is 13.2. The summed E-state index contributed by atoms with van der Waals surface area (Å²) in [5.41, 5.74) is 2.06. The SMILES string of the molecule is Cc1oc(-c2ccccc2)nc1CN1CCCC1CCCO. The second-order valence-electron chi connectivity index (χ2n) is 6.02. The molecular weight excluding hydrogens is 276 g/mol. The molecule has 4 nitrogen and oxygen atoms in total. The summed E-state index contributed by atoms with van der Waals surface area (Å²) in [6.45, 7) is 4.24. The van der Waals surface area contributed by atoms with Crippen molar-refractivity contribution in [2.45, 2.75) is 45.2 Å². The maximum absolute atomic E-state index is 9.03. The summed E-state index contributed by atoms with van der Waals surface area (Å²) < 4.78 is 5.85. The molecule has 0 aliphatic carbocycles. The Bertz CT molecular complexity index is 594. The van der Waals surface area contributed by atoms with Gasteiger partial charge in [0.15, 0.2) is 0 Å². The summed E-state index contributed by atoms with van der Waals surface area (Å²) in [4.78, 5) is 7.18. The highest BCUT2D eigenvalue weighted by molar-refractivity contribution is 5.53. The standard InChI is InChI=1S/C18H24N2O2/c1-14-17(13-20-11-5-9-16(20)10-6-12-21)19-18(22-14)15-7-3-2-4-8-15/h2-4,7-8,16,21H,5-6,9-13H2,1H3. The average Bonchev–Trinajstić information content (AvgIpc) is 3.14. The number of oxazole rings is 1. The number of aliphatic hydroxyl groups excluding tert-OH is 1. The van der Waals surface area contributed by atoms with Crippen molar-refractivity contribution in [2.24, 2.45) is 0 Å². The van der Waals surface area contributed by atoms with Gasteiger partial charge in [0.2, 0.25) is 5.89 Å². The fourth-order valence-corrected chi connectivity index (χ4v) is 3.23.